The first-order chi connectivity index (χ1) is 11.4. The van der Waals surface area contributed by atoms with E-state index in [1.165, 1.54) is 6.20 Å². The number of aromatic nitrogens is 1. The van der Waals surface area contributed by atoms with Crippen LogP contribution in [0.4, 0.5) is 11.5 Å². The van der Waals surface area contributed by atoms with E-state index < -0.39 is 5.91 Å². The number of carbonyl (C=O) groups is 1. The molecule has 0 unspecified atom stereocenters. The summed E-state index contributed by atoms with van der Waals surface area (Å²) in [4.78, 5) is 16.6. The third kappa shape index (κ3) is 4.20. The van der Waals surface area contributed by atoms with E-state index in [0.29, 0.717) is 5.82 Å². The van der Waals surface area contributed by atoms with Crippen LogP contribution in [0.5, 0.6) is 0 Å². The van der Waals surface area contributed by atoms with Gasteiger partial charge in [0.15, 0.2) is 0 Å². The number of benzene rings is 1. The molecule has 122 valence electrons. The molecule has 0 saturated heterocycles. The second kappa shape index (κ2) is 7.42. The van der Waals surface area contributed by atoms with Crippen LogP contribution in [0, 0.1) is 39.0 Å². The molecule has 2 rings (SSSR count). The van der Waals surface area contributed by atoms with Crippen molar-refractivity contribution in [1.82, 2.24) is 4.98 Å². The minimum Gasteiger partial charge on any atom is -0.345 e. The number of nitrogens with zero attached hydrogens (tertiary/aromatic N) is 2. The molecule has 0 saturated carbocycles. The SMILES string of the molecule is Cc1cc(C)c(NC(=O)/C(C#N)=C\Nc2cccc(C)n2)c(C)c1. The molecule has 24 heavy (non-hydrogen) atoms. The lowest BCUT2D eigenvalue weighted by molar-refractivity contribution is -0.112. The topological polar surface area (TPSA) is 77.8 Å². The van der Waals surface area contributed by atoms with Crippen LogP contribution in [0.15, 0.2) is 42.1 Å². The normalized spacial score (nSPS) is 10.9. The number of pyridine rings is 1. The molecular weight excluding hydrogens is 300 g/mol. The second-order valence-corrected chi connectivity index (χ2v) is 5.71. The summed E-state index contributed by atoms with van der Waals surface area (Å²) in [5.74, 6) is 0.131. The van der Waals surface area contributed by atoms with Gasteiger partial charge in [0, 0.05) is 17.6 Å². The highest BCUT2D eigenvalue weighted by molar-refractivity contribution is 6.07. The number of carbonyl (C=O) groups excluding carboxylic acids is 1. The zero-order valence-corrected chi connectivity index (χ0v) is 14.3. The number of nitrogens with one attached hydrogen (secondary N) is 2. The molecule has 0 radical (unpaired) electrons. The third-order valence-electron chi connectivity index (χ3n) is 3.53. The highest BCUT2D eigenvalue weighted by atomic mass is 16.1. The van der Waals surface area contributed by atoms with Crippen LogP contribution < -0.4 is 10.6 Å². The van der Waals surface area contributed by atoms with Gasteiger partial charge >= 0.3 is 0 Å². The number of aryl methyl sites for hydroxylation is 4. The van der Waals surface area contributed by atoms with Gasteiger partial charge in [-0.3, -0.25) is 4.79 Å². The zero-order valence-electron chi connectivity index (χ0n) is 14.3. The summed E-state index contributed by atoms with van der Waals surface area (Å²) in [6.45, 7) is 7.74. The molecule has 0 fully saturated rings. The lowest BCUT2D eigenvalue weighted by Crippen LogP contribution is -2.16. The van der Waals surface area contributed by atoms with Crippen LogP contribution in [-0.2, 0) is 4.79 Å². The third-order valence-corrected chi connectivity index (χ3v) is 3.53. The maximum atomic E-state index is 12.4. The molecule has 0 aliphatic rings. The maximum absolute atomic E-state index is 12.4. The molecule has 0 bridgehead atoms. The Labute approximate surface area is 142 Å². The highest BCUT2D eigenvalue weighted by Crippen LogP contribution is 2.22. The highest BCUT2D eigenvalue weighted by Gasteiger charge is 2.12. The maximum Gasteiger partial charge on any atom is 0.267 e. The zero-order chi connectivity index (χ0) is 17.7. The van der Waals surface area contributed by atoms with E-state index in [-0.39, 0.29) is 5.57 Å². The summed E-state index contributed by atoms with van der Waals surface area (Å²) >= 11 is 0. The first-order valence-corrected chi connectivity index (χ1v) is 7.60. The fraction of sp³-hybridized carbons (Fsp3) is 0.211. The minimum absolute atomic E-state index is 0.0160. The fourth-order valence-corrected chi connectivity index (χ4v) is 2.48. The van der Waals surface area contributed by atoms with E-state index in [2.05, 4.69) is 15.6 Å². The second-order valence-electron chi connectivity index (χ2n) is 5.71. The van der Waals surface area contributed by atoms with E-state index in [4.69, 9.17) is 0 Å². The Hall–Kier alpha value is -3.13. The Morgan fingerprint density at radius 3 is 2.42 bits per heavy atom. The van der Waals surface area contributed by atoms with Gasteiger partial charge in [0.25, 0.3) is 5.91 Å². The molecule has 2 aromatic rings. The molecule has 1 aromatic heterocycles. The van der Waals surface area contributed by atoms with Crippen molar-refractivity contribution in [2.75, 3.05) is 10.6 Å². The quantitative estimate of drug-likeness (QED) is 0.664. The number of rotatable bonds is 4. The van der Waals surface area contributed by atoms with Crippen LogP contribution in [0.1, 0.15) is 22.4 Å². The predicted octanol–water partition coefficient (Wildman–Crippen LogP) is 3.77. The lowest BCUT2D eigenvalue weighted by atomic mass is 10.0. The molecule has 5 nitrogen and oxygen atoms in total. The van der Waals surface area contributed by atoms with Gasteiger partial charge in [0.1, 0.15) is 17.5 Å². The number of nitriles is 1. The lowest BCUT2D eigenvalue weighted by Gasteiger charge is -2.12. The average Bonchev–Trinajstić information content (AvgIpc) is 2.51. The van der Waals surface area contributed by atoms with Crippen LogP contribution in [0.25, 0.3) is 0 Å². The van der Waals surface area contributed by atoms with Crippen molar-refractivity contribution in [2.24, 2.45) is 0 Å². The monoisotopic (exact) mass is 320 g/mol. The van der Waals surface area contributed by atoms with Gasteiger partial charge in [-0.2, -0.15) is 5.26 Å². The first-order valence-electron chi connectivity index (χ1n) is 7.60. The molecule has 1 heterocycles. The predicted molar refractivity (Wildman–Crippen MR) is 95.6 cm³/mol. The summed E-state index contributed by atoms with van der Waals surface area (Å²) in [7, 11) is 0. The van der Waals surface area contributed by atoms with Crippen LogP contribution >= 0.6 is 0 Å². The minimum atomic E-state index is -0.451. The molecule has 0 aliphatic heterocycles. The fourth-order valence-electron chi connectivity index (χ4n) is 2.48. The van der Waals surface area contributed by atoms with Gasteiger partial charge in [-0.1, -0.05) is 23.8 Å². The van der Waals surface area contributed by atoms with Gasteiger partial charge in [-0.05, 0) is 51.0 Å². The Bertz CT molecular complexity index is 824. The van der Waals surface area contributed by atoms with Crippen LogP contribution in [0.3, 0.4) is 0 Å². The van der Waals surface area contributed by atoms with Gasteiger partial charge in [-0.25, -0.2) is 4.98 Å². The summed E-state index contributed by atoms with van der Waals surface area (Å²) in [5.41, 5.74) is 4.63. The van der Waals surface area contributed by atoms with Crippen molar-refractivity contribution >= 4 is 17.4 Å². The Morgan fingerprint density at radius 1 is 1.17 bits per heavy atom. The molecule has 2 N–H and O–H groups in total. The number of hydrogen-bond donors (Lipinski definition) is 2. The largest absolute Gasteiger partial charge is 0.345 e. The summed E-state index contributed by atoms with van der Waals surface area (Å²) in [6.07, 6.45) is 1.37. The smallest absolute Gasteiger partial charge is 0.267 e. The molecule has 0 atom stereocenters. The van der Waals surface area contributed by atoms with Crippen LogP contribution in [-0.4, -0.2) is 10.9 Å². The van der Waals surface area contributed by atoms with Crippen molar-refractivity contribution in [1.29, 1.82) is 5.26 Å². The molecule has 0 aliphatic carbocycles. The van der Waals surface area contributed by atoms with Gasteiger partial charge in [0.05, 0.1) is 0 Å². The molecular formula is C19H20N4O. The molecule has 0 spiro atoms. The molecule has 1 aromatic carbocycles. The first kappa shape index (κ1) is 17.2. The van der Waals surface area contributed by atoms with E-state index in [1.807, 2.05) is 58.0 Å². The van der Waals surface area contributed by atoms with Crippen molar-refractivity contribution in [3.05, 3.63) is 64.5 Å². The number of hydrogen-bond acceptors (Lipinski definition) is 4. The van der Waals surface area contributed by atoms with Crippen molar-refractivity contribution < 1.29 is 4.79 Å². The van der Waals surface area contributed by atoms with E-state index in [0.717, 1.165) is 28.1 Å². The summed E-state index contributed by atoms with van der Waals surface area (Å²) < 4.78 is 0. The standard InChI is InChI=1S/C19H20N4O/c1-12-8-13(2)18(14(3)9-12)23-19(24)16(10-20)11-21-17-7-5-6-15(4)22-17/h5-9,11H,1-4H3,(H,21,22)(H,23,24)/b16-11-. The van der Waals surface area contributed by atoms with Gasteiger partial charge in [0.2, 0.25) is 0 Å². The molecule has 1 amide bonds. The Kier molecular flexibility index (Phi) is 5.33. The van der Waals surface area contributed by atoms with Gasteiger partial charge in [-0.15, -0.1) is 0 Å². The van der Waals surface area contributed by atoms with Crippen molar-refractivity contribution in [3.8, 4) is 6.07 Å². The van der Waals surface area contributed by atoms with Gasteiger partial charge < -0.3 is 10.6 Å². The Morgan fingerprint density at radius 2 is 1.83 bits per heavy atom. The average molecular weight is 320 g/mol. The van der Waals surface area contributed by atoms with E-state index in [9.17, 15) is 10.1 Å². The Balaban J connectivity index is 2.18. The number of amides is 1. The number of anilines is 2. The van der Waals surface area contributed by atoms with E-state index >= 15 is 0 Å². The summed E-state index contributed by atoms with van der Waals surface area (Å²) in [6, 6.07) is 11.4. The van der Waals surface area contributed by atoms with Crippen molar-refractivity contribution in [2.45, 2.75) is 27.7 Å². The van der Waals surface area contributed by atoms with Crippen LogP contribution in [0.2, 0.25) is 0 Å². The molecule has 5 heteroatoms. The van der Waals surface area contributed by atoms with Crippen molar-refractivity contribution in [3.63, 3.8) is 0 Å². The summed E-state index contributed by atoms with van der Waals surface area (Å²) in [5, 5.41) is 14.9. The van der Waals surface area contributed by atoms with E-state index in [1.54, 1.807) is 6.07 Å².